The first-order valence-corrected chi connectivity index (χ1v) is 6.21. The molecule has 1 heterocycles. The summed E-state index contributed by atoms with van der Waals surface area (Å²) >= 11 is 0. The van der Waals surface area contributed by atoms with Crippen LogP contribution in [0.5, 0.6) is 0 Å². The zero-order valence-electron chi connectivity index (χ0n) is 11.9. The van der Waals surface area contributed by atoms with E-state index in [-0.39, 0.29) is 0 Å². The summed E-state index contributed by atoms with van der Waals surface area (Å²) in [6.07, 6.45) is 1.26. The molecular formula is C13H22N4O2. The third kappa shape index (κ3) is 5.94. The second-order valence-corrected chi connectivity index (χ2v) is 5.28. The van der Waals surface area contributed by atoms with Crippen molar-refractivity contribution >= 4 is 17.6 Å². The van der Waals surface area contributed by atoms with Crippen molar-refractivity contribution in [1.29, 1.82) is 0 Å². The molecule has 1 aromatic rings. The van der Waals surface area contributed by atoms with Crippen molar-refractivity contribution in [3.8, 4) is 0 Å². The highest BCUT2D eigenvalue weighted by Crippen LogP contribution is 2.14. The topological polar surface area (TPSA) is 89.3 Å². The van der Waals surface area contributed by atoms with E-state index in [4.69, 9.17) is 10.5 Å². The lowest BCUT2D eigenvalue weighted by atomic mass is 10.2. The Hall–Kier alpha value is -1.98. The number of ether oxygens (including phenoxy) is 1. The molecule has 0 fully saturated rings. The maximum atomic E-state index is 11.4. The highest BCUT2D eigenvalue weighted by Gasteiger charge is 2.15. The van der Waals surface area contributed by atoms with Crippen molar-refractivity contribution in [3.63, 3.8) is 0 Å². The quantitative estimate of drug-likeness (QED) is 0.724. The Morgan fingerprint density at radius 1 is 1.42 bits per heavy atom. The highest BCUT2D eigenvalue weighted by atomic mass is 16.6. The fourth-order valence-electron chi connectivity index (χ4n) is 1.44. The van der Waals surface area contributed by atoms with Gasteiger partial charge in [0, 0.05) is 13.1 Å². The molecule has 0 aromatic carbocycles. The van der Waals surface area contributed by atoms with E-state index >= 15 is 0 Å². The molecule has 0 bridgehead atoms. The second kappa shape index (κ2) is 6.26. The molecule has 0 atom stereocenters. The van der Waals surface area contributed by atoms with E-state index in [9.17, 15) is 4.79 Å². The largest absolute Gasteiger partial charge is 0.444 e. The van der Waals surface area contributed by atoms with Crippen LogP contribution in [0.2, 0.25) is 0 Å². The number of aryl methyl sites for hydroxylation is 1. The lowest BCUT2D eigenvalue weighted by Crippen LogP contribution is -2.35. The van der Waals surface area contributed by atoms with Gasteiger partial charge >= 0.3 is 6.09 Å². The maximum absolute atomic E-state index is 11.4. The number of carbonyl (C=O) groups is 1. The van der Waals surface area contributed by atoms with E-state index in [1.54, 1.807) is 12.3 Å². The van der Waals surface area contributed by atoms with Crippen LogP contribution in [0.3, 0.4) is 0 Å². The van der Waals surface area contributed by atoms with Crippen molar-refractivity contribution in [3.05, 3.63) is 17.8 Å². The monoisotopic (exact) mass is 266 g/mol. The Kier molecular flexibility index (Phi) is 4.97. The highest BCUT2D eigenvalue weighted by molar-refractivity contribution is 5.67. The summed E-state index contributed by atoms with van der Waals surface area (Å²) in [5.74, 6) is 0.495. The number of nitrogens with two attached hydrogens (primary N) is 1. The van der Waals surface area contributed by atoms with Crippen LogP contribution in [0.25, 0.3) is 0 Å². The number of hydrogen-bond donors (Lipinski definition) is 3. The van der Waals surface area contributed by atoms with Gasteiger partial charge in [-0.05, 0) is 39.3 Å². The number of aromatic nitrogens is 1. The fraction of sp³-hybridized carbons (Fsp3) is 0.538. The summed E-state index contributed by atoms with van der Waals surface area (Å²) in [5, 5.41) is 5.84. The van der Waals surface area contributed by atoms with Crippen molar-refractivity contribution in [2.24, 2.45) is 0 Å². The van der Waals surface area contributed by atoms with Gasteiger partial charge in [-0.2, -0.15) is 0 Å². The third-order valence-electron chi connectivity index (χ3n) is 2.24. The van der Waals surface area contributed by atoms with Crippen LogP contribution in [-0.4, -0.2) is 29.8 Å². The Morgan fingerprint density at radius 3 is 2.68 bits per heavy atom. The molecule has 0 saturated heterocycles. The summed E-state index contributed by atoms with van der Waals surface area (Å²) in [6.45, 7) is 8.49. The minimum atomic E-state index is -0.477. The van der Waals surface area contributed by atoms with Gasteiger partial charge in [-0.1, -0.05) is 0 Å². The Balaban J connectivity index is 2.29. The van der Waals surface area contributed by atoms with E-state index in [2.05, 4.69) is 15.6 Å². The molecule has 0 aliphatic heterocycles. The summed E-state index contributed by atoms with van der Waals surface area (Å²) in [7, 11) is 0. The molecule has 6 nitrogen and oxygen atoms in total. The van der Waals surface area contributed by atoms with Crippen LogP contribution >= 0.6 is 0 Å². The predicted octanol–water partition coefficient (Wildman–Crippen LogP) is 1.91. The number of carbonyl (C=O) groups excluding carboxylic acids is 1. The van der Waals surface area contributed by atoms with Crippen LogP contribution in [-0.2, 0) is 4.74 Å². The van der Waals surface area contributed by atoms with Crippen LogP contribution in [0.15, 0.2) is 12.3 Å². The minimum absolute atomic E-state index is 0.415. The number of nitrogen functional groups attached to an aromatic ring is 1. The number of anilines is 2. The third-order valence-corrected chi connectivity index (χ3v) is 2.24. The molecule has 1 amide bonds. The van der Waals surface area contributed by atoms with Gasteiger partial charge in [0.1, 0.15) is 11.4 Å². The number of rotatable bonds is 4. The Labute approximate surface area is 113 Å². The van der Waals surface area contributed by atoms with Crippen molar-refractivity contribution in [1.82, 2.24) is 10.3 Å². The van der Waals surface area contributed by atoms with Gasteiger partial charge in [-0.3, -0.25) is 0 Å². The molecule has 4 N–H and O–H groups in total. The van der Waals surface area contributed by atoms with E-state index in [0.29, 0.717) is 18.9 Å². The van der Waals surface area contributed by atoms with Gasteiger partial charge in [-0.15, -0.1) is 0 Å². The van der Waals surface area contributed by atoms with E-state index < -0.39 is 11.7 Å². The van der Waals surface area contributed by atoms with Gasteiger partial charge in [0.25, 0.3) is 0 Å². The summed E-state index contributed by atoms with van der Waals surface area (Å²) in [4.78, 5) is 15.4. The van der Waals surface area contributed by atoms with Gasteiger partial charge < -0.3 is 21.1 Å². The van der Waals surface area contributed by atoms with E-state index in [1.807, 2.05) is 27.7 Å². The van der Waals surface area contributed by atoms with Crippen LogP contribution in [0.4, 0.5) is 16.3 Å². The molecule has 106 valence electrons. The summed E-state index contributed by atoms with van der Waals surface area (Å²) < 4.78 is 5.12. The molecule has 6 heteroatoms. The van der Waals surface area contributed by atoms with E-state index in [0.717, 1.165) is 11.3 Å². The first-order valence-electron chi connectivity index (χ1n) is 6.21. The molecule has 0 unspecified atom stereocenters. The average molecular weight is 266 g/mol. The van der Waals surface area contributed by atoms with Crippen LogP contribution in [0, 0.1) is 6.92 Å². The smallest absolute Gasteiger partial charge is 0.407 e. The fourth-order valence-corrected chi connectivity index (χ4v) is 1.44. The SMILES string of the molecule is Cc1cc(N)ncc1NCCNC(=O)OC(C)(C)C. The predicted molar refractivity (Wildman–Crippen MR) is 76.1 cm³/mol. The molecule has 0 aliphatic carbocycles. The van der Waals surface area contributed by atoms with Crippen LogP contribution < -0.4 is 16.4 Å². The standard InChI is InChI=1S/C13H22N4O2/c1-9-7-11(14)17-8-10(9)15-5-6-16-12(18)19-13(2,3)4/h7-8,15H,5-6H2,1-4H3,(H2,14,17)(H,16,18). The van der Waals surface area contributed by atoms with Gasteiger partial charge in [-0.25, -0.2) is 9.78 Å². The number of nitrogens with one attached hydrogen (secondary N) is 2. The van der Waals surface area contributed by atoms with Gasteiger partial charge in [0.05, 0.1) is 11.9 Å². The first kappa shape index (κ1) is 15.1. The maximum Gasteiger partial charge on any atom is 0.407 e. The molecule has 1 aromatic heterocycles. The number of alkyl carbamates (subject to hydrolysis) is 1. The van der Waals surface area contributed by atoms with Gasteiger partial charge in [0.15, 0.2) is 0 Å². The number of hydrogen-bond acceptors (Lipinski definition) is 5. The summed E-state index contributed by atoms with van der Waals surface area (Å²) in [6, 6.07) is 1.80. The van der Waals surface area contributed by atoms with Crippen molar-refractivity contribution < 1.29 is 9.53 Å². The zero-order valence-corrected chi connectivity index (χ0v) is 11.9. The zero-order chi connectivity index (χ0) is 14.5. The lowest BCUT2D eigenvalue weighted by molar-refractivity contribution is 0.0530. The molecule has 1 rings (SSSR count). The molecular weight excluding hydrogens is 244 g/mol. The second-order valence-electron chi connectivity index (χ2n) is 5.28. The van der Waals surface area contributed by atoms with E-state index in [1.165, 1.54) is 0 Å². The van der Waals surface area contributed by atoms with Crippen molar-refractivity contribution in [2.75, 3.05) is 24.1 Å². The molecule has 0 radical (unpaired) electrons. The number of pyridine rings is 1. The molecule has 0 spiro atoms. The number of amides is 1. The Bertz CT molecular complexity index is 441. The van der Waals surface area contributed by atoms with Gasteiger partial charge in [0.2, 0.25) is 0 Å². The Morgan fingerprint density at radius 2 is 2.11 bits per heavy atom. The number of nitrogens with zero attached hydrogens (tertiary/aromatic N) is 1. The average Bonchev–Trinajstić information content (AvgIpc) is 2.24. The van der Waals surface area contributed by atoms with Crippen molar-refractivity contribution in [2.45, 2.75) is 33.3 Å². The summed E-state index contributed by atoms with van der Waals surface area (Å²) in [5.41, 5.74) is 7.01. The van der Waals surface area contributed by atoms with Crippen LogP contribution in [0.1, 0.15) is 26.3 Å². The lowest BCUT2D eigenvalue weighted by Gasteiger charge is -2.19. The normalized spacial score (nSPS) is 10.9. The molecule has 0 saturated carbocycles. The molecule has 0 aliphatic rings. The first-order chi connectivity index (χ1) is 8.78. The molecule has 19 heavy (non-hydrogen) atoms. The minimum Gasteiger partial charge on any atom is -0.444 e.